The molecule has 0 spiro atoms. The van der Waals surface area contributed by atoms with Crippen LogP contribution in [0.25, 0.3) is 11.2 Å². The lowest BCUT2D eigenvalue weighted by Crippen LogP contribution is -2.43. The number of alkyl halides is 3. The lowest BCUT2D eigenvalue weighted by atomic mass is 9.98. The van der Waals surface area contributed by atoms with Crippen LogP contribution in [0.3, 0.4) is 0 Å². The summed E-state index contributed by atoms with van der Waals surface area (Å²) >= 11 is 1.64. The molecule has 1 unspecified atom stereocenters. The molecule has 2 heterocycles. The Kier molecular flexibility index (Phi) is 6.48. The van der Waals surface area contributed by atoms with Crippen molar-refractivity contribution in [3.05, 3.63) is 27.2 Å². The Balaban J connectivity index is 2.17. The maximum Gasteiger partial charge on any atom is 0.418 e. The third kappa shape index (κ3) is 3.96. The van der Waals surface area contributed by atoms with Gasteiger partial charge in [-0.1, -0.05) is 0 Å². The van der Waals surface area contributed by atoms with E-state index in [0.717, 1.165) is 11.5 Å². The van der Waals surface area contributed by atoms with Crippen molar-refractivity contribution in [3.63, 3.8) is 0 Å². The molecule has 7 nitrogen and oxygen atoms in total. The summed E-state index contributed by atoms with van der Waals surface area (Å²) in [6.07, 6.45) is -2.96. The predicted octanol–water partition coefficient (Wildman–Crippen LogP) is 2.94. The third-order valence-electron chi connectivity index (χ3n) is 4.30. The summed E-state index contributed by atoms with van der Waals surface area (Å²) in [7, 11) is 3.77. The summed E-state index contributed by atoms with van der Waals surface area (Å²) < 4.78 is 48.0. The van der Waals surface area contributed by atoms with Gasteiger partial charge < -0.3 is 4.57 Å². The van der Waals surface area contributed by atoms with E-state index in [0.29, 0.717) is 9.21 Å². The zero-order valence-corrected chi connectivity index (χ0v) is 17.3. The molecule has 0 aliphatic rings. The van der Waals surface area contributed by atoms with E-state index in [-0.39, 0.29) is 37.0 Å². The van der Waals surface area contributed by atoms with Crippen LogP contribution in [0.1, 0.15) is 26.2 Å². The summed E-state index contributed by atoms with van der Waals surface area (Å²) in [5.74, 6) is 0. The third-order valence-corrected chi connectivity index (χ3v) is 5.27. The first-order valence-corrected chi connectivity index (χ1v) is 11.0. The molecule has 12 heteroatoms. The molecule has 0 aliphatic heterocycles. The van der Waals surface area contributed by atoms with Crippen LogP contribution in [0, 0.1) is 0 Å². The van der Waals surface area contributed by atoms with E-state index in [9.17, 15) is 22.8 Å². The van der Waals surface area contributed by atoms with Crippen LogP contribution in [0.5, 0.6) is 0 Å². The van der Waals surface area contributed by atoms with E-state index >= 15 is 0 Å². The zero-order valence-electron chi connectivity index (χ0n) is 14.3. The van der Waals surface area contributed by atoms with E-state index < -0.39 is 23.0 Å². The fourth-order valence-electron chi connectivity index (χ4n) is 2.63. The smallest absolute Gasteiger partial charge is 0.328 e. The van der Waals surface area contributed by atoms with Crippen LogP contribution in [-0.4, -0.2) is 30.5 Å². The molecule has 146 valence electrons. The van der Waals surface area contributed by atoms with E-state index in [1.54, 1.807) is 28.3 Å². The van der Waals surface area contributed by atoms with Gasteiger partial charge in [-0.3, -0.25) is 18.1 Å². The summed E-state index contributed by atoms with van der Waals surface area (Å²) in [4.78, 5) is 28.9. The van der Waals surface area contributed by atoms with Gasteiger partial charge in [-0.2, -0.15) is 13.2 Å². The molecule has 1 atom stereocenters. The van der Waals surface area contributed by atoms with Gasteiger partial charge in [0.1, 0.15) is 0 Å². The van der Waals surface area contributed by atoms with Gasteiger partial charge in [0, 0.05) is 41.8 Å². The highest BCUT2D eigenvalue weighted by Crippen LogP contribution is 2.41. The number of halogens is 4. The molecule has 0 fully saturated rings. The molecular weight excluding hydrogens is 488 g/mol. The second-order valence-corrected chi connectivity index (χ2v) is 7.53. The van der Waals surface area contributed by atoms with Crippen molar-refractivity contribution in [2.45, 2.75) is 44.5 Å². The van der Waals surface area contributed by atoms with Crippen LogP contribution in [0.2, 0.25) is 0 Å². The lowest BCUT2D eigenvalue weighted by Gasteiger charge is -2.30. The Morgan fingerprint density at radius 2 is 1.92 bits per heavy atom. The summed E-state index contributed by atoms with van der Waals surface area (Å²) in [6.45, 7) is 1.02. The highest BCUT2D eigenvalue weighted by atomic mass is 127. The molecule has 0 saturated carbocycles. The van der Waals surface area contributed by atoms with E-state index in [1.807, 2.05) is 0 Å². The second kappa shape index (κ2) is 7.92. The maximum absolute atomic E-state index is 13.1. The molecular formula is C14H18F3IN4O3S. The molecule has 0 bridgehead atoms. The predicted molar refractivity (Wildman–Crippen MR) is 101 cm³/mol. The number of fused-ring (bicyclic) bond motifs is 1. The number of unbranched alkanes of at least 4 members (excludes halogenated alkanes) is 1. The molecule has 0 N–H and O–H groups in total. The SMILES string of the molecule is Cn1cnc2c1c(=O)n(CCCCC(C)(OSI)C(F)(F)F)c(=O)n2C. The molecule has 0 amide bonds. The number of aryl methyl sites for hydroxylation is 2. The molecule has 2 aromatic heterocycles. The van der Waals surface area contributed by atoms with E-state index in [1.165, 1.54) is 22.5 Å². The summed E-state index contributed by atoms with van der Waals surface area (Å²) in [6, 6.07) is 0. The van der Waals surface area contributed by atoms with E-state index in [4.69, 9.17) is 4.18 Å². The van der Waals surface area contributed by atoms with Crippen molar-refractivity contribution in [2.75, 3.05) is 0 Å². The number of rotatable bonds is 7. The number of nitrogens with zero attached hydrogens (tertiary/aromatic N) is 4. The minimum absolute atomic E-state index is 0.0257. The summed E-state index contributed by atoms with van der Waals surface area (Å²) in [5.41, 5.74) is -2.77. The molecule has 0 aliphatic carbocycles. The quantitative estimate of drug-likeness (QED) is 0.328. The van der Waals surface area contributed by atoms with Crippen molar-refractivity contribution < 1.29 is 17.4 Å². The first kappa shape index (κ1) is 21.3. The Morgan fingerprint density at radius 1 is 1.27 bits per heavy atom. The lowest BCUT2D eigenvalue weighted by molar-refractivity contribution is -0.239. The molecule has 0 radical (unpaired) electrons. The van der Waals surface area contributed by atoms with Gasteiger partial charge in [0.05, 0.1) is 15.5 Å². The number of hydrogen-bond acceptors (Lipinski definition) is 5. The monoisotopic (exact) mass is 506 g/mol. The van der Waals surface area contributed by atoms with Crippen molar-refractivity contribution >= 4 is 41.6 Å². The molecule has 0 saturated heterocycles. The van der Waals surface area contributed by atoms with Crippen LogP contribution in [-0.2, 0) is 24.8 Å². The maximum atomic E-state index is 13.1. The molecule has 2 rings (SSSR count). The van der Waals surface area contributed by atoms with Crippen molar-refractivity contribution in [1.29, 1.82) is 0 Å². The molecule has 26 heavy (non-hydrogen) atoms. The summed E-state index contributed by atoms with van der Waals surface area (Å²) in [5, 5.41) is 0. The number of imidazole rings is 1. The standard InChI is InChI=1S/C14H18F3IN4O3S/c1-13(25-26-18,14(15,16)17)6-4-5-7-22-11(23)9-10(19-8-20(9)2)21(3)12(22)24/h8H,4-7H2,1-3H3. The van der Waals surface area contributed by atoms with Crippen LogP contribution >= 0.6 is 30.4 Å². The van der Waals surface area contributed by atoms with Crippen LogP contribution in [0.15, 0.2) is 15.9 Å². The average molecular weight is 506 g/mol. The molecule has 0 aromatic carbocycles. The fourth-order valence-corrected chi connectivity index (χ4v) is 4.13. The van der Waals surface area contributed by atoms with Crippen molar-refractivity contribution in [1.82, 2.24) is 18.7 Å². The minimum atomic E-state index is -4.51. The van der Waals surface area contributed by atoms with Gasteiger partial charge in [-0.05, 0) is 26.2 Å². The second-order valence-electron chi connectivity index (χ2n) is 6.16. The highest BCUT2D eigenvalue weighted by Gasteiger charge is 2.52. The zero-order chi connectivity index (χ0) is 19.7. The van der Waals surface area contributed by atoms with E-state index in [2.05, 4.69) is 4.98 Å². The van der Waals surface area contributed by atoms with Gasteiger partial charge in [-0.15, -0.1) is 0 Å². The van der Waals surface area contributed by atoms with Gasteiger partial charge in [0.15, 0.2) is 16.8 Å². The van der Waals surface area contributed by atoms with Gasteiger partial charge in [0.25, 0.3) is 5.56 Å². The van der Waals surface area contributed by atoms with Crippen molar-refractivity contribution in [3.8, 4) is 0 Å². The van der Waals surface area contributed by atoms with Crippen LogP contribution in [0.4, 0.5) is 13.2 Å². The number of hydrogen-bond donors (Lipinski definition) is 0. The Bertz CT molecular complexity index is 908. The van der Waals surface area contributed by atoms with Crippen molar-refractivity contribution in [2.24, 2.45) is 14.1 Å². The molecule has 2 aromatic rings. The first-order chi connectivity index (χ1) is 12.0. The topological polar surface area (TPSA) is 71.1 Å². The first-order valence-electron chi connectivity index (χ1n) is 7.67. The van der Waals surface area contributed by atoms with Gasteiger partial charge >= 0.3 is 11.9 Å². The average Bonchev–Trinajstić information content (AvgIpc) is 2.93. The normalized spacial score (nSPS) is 14.7. The largest absolute Gasteiger partial charge is 0.418 e. The minimum Gasteiger partial charge on any atom is -0.328 e. The van der Waals surface area contributed by atoms with Gasteiger partial charge in [-0.25, -0.2) is 9.78 Å². The Morgan fingerprint density at radius 3 is 2.50 bits per heavy atom. The highest BCUT2D eigenvalue weighted by molar-refractivity contribution is 14.2. The Labute approximate surface area is 163 Å². The number of aromatic nitrogens is 4. The Hall–Kier alpha value is -1.02. The fraction of sp³-hybridized carbons (Fsp3) is 0.643. The van der Waals surface area contributed by atoms with Crippen LogP contribution < -0.4 is 11.2 Å². The van der Waals surface area contributed by atoms with Gasteiger partial charge in [0.2, 0.25) is 0 Å².